The lowest BCUT2D eigenvalue weighted by Crippen LogP contribution is -2.40. The predicted octanol–water partition coefficient (Wildman–Crippen LogP) is 2.45. The summed E-state index contributed by atoms with van der Waals surface area (Å²) in [7, 11) is 0. The number of rotatable bonds is 4. The van der Waals surface area contributed by atoms with Gasteiger partial charge in [-0.05, 0) is 26.3 Å². The summed E-state index contributed by atoms with van der Waals surface area (Å²) in [5.41, 5.74) is -0.393. The van der Waals surface area contributed by atoms with E-state index < -0.39 is 29.9 Å². The molecule has 1 aromatic rings. The van der Waals surface area contributed by atoms with E-state index in [1.807, 2.05) is 5.32 Å². The van der Waals surface area contributed by atoms with E-state index in [4.69, 9.17) is 4.74 Å². The monoisotopic (exact) mass is 285 g/mol. The van der Waals surface area contributed by atoms with Crippen LogP contribution in [-0.2, 0) is 14.3 Å². The maximum absolute atomic E-state index is 12.3. The number of halogens is 2. The minimum atomic E-state index is -3.19. The lowest BCUT2D eigenvalue weighted by atomic mass is 10.1. The smallest absolute Gasteiger partial charge is 0.333 e. The molecule has 0 fully saturated rings. The Bertz CT molecular complexity index is 469. The van der Waals surface area contributed by atoms with Crippen molar-refractivity contribution >= 4 is 11.9 Å². The van der Waals surface area contributed by atoms with Crippen LogP contribution in [0.4, 0.5) is 8.78 Å². The van der Waals surface area contributed by atoms with Crippen LogP contribution in [0.1, 0.15) is 32.4 Å². The highest BCUT2D eigenvalue weighted by atomic mass is 19.3. The summed E-state index contributed by atoms with van der Waals surface area (Å²) >= 11 is 0. The molecule has 20 heavy (non-hydrogen) atoms. The average molecular weight is 285 g/mol. The largest absolute Gasteiger partial charge is 0.458 e. The van der Waals surface area contributed by atoms with Crippen molar-refractivity contribution < 1.29 is 23.1 Å². The minimum absolute atomic E-state index is 0.385. The Morgan fingerprint density at radius 2 is 1.70 bits per heavy atom. The van der Waals surface area contributed by atoms with E-state index in [1.165, 1.54) is 0 Å². The first kappa shape index (κ1) is 16.1. The molecule has 0 aliphatic rings. The molecular formula is C14H17F2NO3. The van der Waals surface area contributed by atoms with Crippen LogP contribution in [0.2, 0.25) is 0 Å². The summed E-state index contributed by atoms with van der Waals surface area (Å²) in [4.78, 5) is 23.2. The van der Waals surface area contributed by atoms with Gasteiger partial charge in [0.25, 0.3) is 5.91 Å². The number of benzene rings is 1. The van der Waals surface area contributed by atoms with Gasteiger partial charge in [-0.1, -0.05) is 30.3 Å². The molecule has 0 spiro atoms. The predicted molar refractivity (Wildman–Crippen MR) is 69.2 cm³/mol. The Hall–Kier alpha value is -1.98. The number of carbonyl (C=O) groups is 2. The number of ether oxygens (including phenoxy) is 1. The SMILES string of the molecule is CC(C)(C)OC(=O)[C@@H](NC(=O)C(F)F)c1ccccc1. The zero-order valence-corrected chi connectivity index (χ0v) is 11.5. The maximum atomic E-state index is 12.3. The van der Waals surface area contributed by atoms with Crippen molar-refractivity contribution in [1.29, 1.82) is 0 Å². The van der Waals surface area contributed by atoms with Gasteiger partial charge >= 0.3 is 12.4 Å². The highest BCUT2D eigenvalue weighted by Crippen LogP contribution is 2.19. The van der Waals surface area contributed by atoms with E-state index in [0.717, 1.165) is 0 Å². The molecule has 1 amide bonds. The molecular weight excluding hydrogens is 268 g/mol. The fourth-order valence-corrected chi connectivity index (χ4v) is 1.49. The molecule has 0 aliphatic heterocycles. The molecule has 4 nitrogen and oxygen atoms in total. The number of carbonyl (C=O) groups excluding carboxylic acids is 2. The quantitative estimate of drug-likeness (QED) is 0.865. The molecule has 6 heteroatoms. The van der Waals surface area contributed by atoms with Gasteiger partial charge in [-0.25, -0.2) is 4.79 Å². The van der Waals surface area contributed by atoms with Gasteiger partial charge in [0, 0.05) is 0 Å². The molecule has 0 saturated carbocycles. The lowest BCUT2D eigenvalue weighted by molar-refractivity contribution is -0.159. The molecule has 110 valence electrons. The second kappa shape index (κ2) is 6.45. The lowest BCUT2D eigenvalue weighted by Gasteiger charge is -2.24. The van der Waals surface area contributed by atoms with Gasteiger partial charge in [-0.3, -0.25) is 4.79 Å². The molecule has 0 saturated heterocycles. The number of hydrogen-bond donors (Lipinski definition) is 1. The van der Waals surface area contributed by atoms with Crippen molar-refractivity contribution in [1.82, 2.24) is 5.32 Å². The topological polar surface area (TPSA) is 55.4 Å². The van der Waals surface area contributed by atoms with Gasteiger partial charge < -0.3 is 10.1 Å². The van der Waals surface area contributed by atoms with Crippen molar-refractivity contribution in [2.24, 2.45) is 0 Å². The average Bonchev–Trinajstić information content (AvgIpc) is 2.34. The highest BCUT2D eigenvalue weighted by molar-refractivity contribution is 5.87. The van der Waals surface area contributed by atoms with E-state index in [2.05, 4.69) is 0 Å². The Balaban J connectivity index is 2.96. The second-order valence-corrected chi connectivity index (χ2v) is 5.19. The summed E-state index contributed by atoms with van der Waals surface area (Å²) in [5.74, 6) is -2.29. The Morgan fingerprint density at radius 3 is 2.15 bits per heavy atom. The summed E-state index contributed by atoms with van der Waals surface area (Å²) in [6.07, 6.45) is -3.19. The third-order valence-electron chi connectivity index (χ3n) is 2.26. The van der Waals surface area contributed by atoms with Gasteiger partial charge in [-0.2, -0.15) is 8.78 Å². The van der Waals surface area contributed by atoms with Crippen LogP contribution in [0.15, 0.2) is 30.3 Å². The highest BCUT2D eigenvalue weighted by Gasteiger charge is 2.30. The Morgan fingerprint density at radius 1 is 1.15 bits per heavy atom. The van der Waals surface area contributed by atoms with Crippen molar-refractivity contribution in [2.45, 2.75) is 38.8 Å². The maximum Gasteiger partial charge on any atom is 0.333 e. The normalized spacial score (nSPS) is 12.9. The van der Waals surface area contributed by atoms with Crippen LogP contribution in [0.3, 0.4) is 0 Å². The van der Waals surface area contributed by atoms with E-state index in [-0.39, 0.29) is 0 Å². The van der Waals surface area contributed by atoms with Gasteiger partial charge in [0.15, 0.2) is 6.04 Å². The number of amides is 1. The molecule has 1 rings (SSSR count). The van der Waals surface area contributed by atoms with Crippen molar-refractivity contribution in [2.75, 3.05) is 0 Å². The van der Waals surface area contributed by atoms with Crippen molar-refractivity contribution in [3.8, 4) is 0 Å². The van der Waals surface area contributed by atoms with Gasteiger partial charge in [-0.15, -0.1) is 0 Å². The summed E-state index contributed by atoms with van der Waals surface area (Å²) < 4.78 is 29.8. The van der Waals surface area contributed by atoms with Crippen molar-refractivity contribution in [3.63, 3.8) is 0 Å². The molecule has 1 atom stereocenters. The molecule has 0 aliphatic carbocycles. The Labute approximate surface area is 116 Å². The summed E-state index contributed by atoms with van der Waals surface area (Å²) in [6, 6.07) is 6.85. The third kappa shape index (κ3) is 4.95. The molecule has 1 N–H and O–H groups in total. The zero-order chi connectivity index (χ0) is 15.3. The molecule has 0 radical (unpaired) electrons. The van der Waals surface area contributed by atoms with Crippen LogP contribution in [0.5, 0.6) is 0 Å². The summed E-state index contributed by atoms with van der Waals surface area (Å²) in [6.45, 7) is 4.96. The summed E-state index contributed by atoms with van der Waals surface area (Å²) in [5, 5.41) is 1.99. The number of esters is 1. The van der Waals surface area contributed by atoms with Crippen molar-refractivity contribution in [3.05, 3.63) is 35.9 Å². The number of nitrogens with one attached hydrogen (secondary N) is 1. The fourth-order valence-electron chi connectivity index (χ4n) is 1.49. The van der Waals surface area contributed by atoms with Crippen LogP contribution in [-0.4, -0.2) is 23.9 Å². The van der Waals surface area contributed by atoms with E-state index in [0.29, 0.717) is 5.56 Å². The Kier molecular flexibility index (Phi) is 5.19. The second-order valence-electron chi connectivity index (χ2n) is 5.19. The minimum Gasteiger partial charge on any atom is -0.458 e. The number of hydrogen-bond acceptors (Lipinski definition) is 3. The van der Waals surface area contributed by atoms with Crippen LogP contribution in [0, 0.1) is 0 Å². The molecule has 0 unspecified atom stereocenters. The molecule has 0 aromatic heterocycles. The molecule has 1 aromatic carbocycles. The van der Waals surface area contributed by atoms with Gasteiger partial charge in [0.1, 0.15) is 5.60 Å². The zero-order valence-electron chi connectivity index (χ0n) is 11.5. The first-order valence-corrected chi connectivity index (χ1v) is 6.07. The molecule has 0 bridgehead atoms. The third-order valence-corrected chi connectivity index (χ3v) is 2.26. The van der Waals surface area contributed by atoms with Crippen LogP contribution in [0.25, 0.3) is 0 Å². The van der Waals surface area contributed by atoms with Gasteiger partial charge in [0.2, 0.25) is 0 Å². The van der Waals surface area contributed by atoms with Crippen LogP contribution < -0.4 is 5.32 Å². The standard InChI is InChI=1S/C14H17F2NO3/c1-14(2,3)20-13(19)10(17-12(18)11(15)16)9-7-5-4-6-8-9/h4-8,10-11H,1-3H3,(H,17,18)/t10-/m0/s1. The first-order chi connectivity index (χ1) is 9.20. The molecule has 0 heterocycles. The number of alkyl halides is 2. The van der Waals surface area contributed by atoms with E-state index in [9.17, 15) is 18.4 Å². The van der Waals surface area contributed by atoms with Crippen LogP contribution >= 0.6 is 0 Å². The fraction of sp³-hybridized carbons (Fsp3) is 0.429. The van der Waals surface area contributed by atoms with E-state index in [1.54, 1.807) is 51.1 Å². The first-order valence-electron chi connectivity index (χ1n) is 6.07. The van der Waals surface area contributed by atoms with E-state index >= 15 is 0 Å². The van der Waals surface area contributed by atoms with Gasteiger partial charge in [0.05, 0.1) is 0 Å².